The van der Waals surface area contributed by atoms with Crippen molar-refractivity contribution in [2.24, 2.45) is 0 Å². The summed E-state index contributed by atoms with van der Waals surface area (Å²) >= 11 is 0. The Morgan fingerprint density at radius 2 is 1.68 bits per heavy atom. The largest absolute Gasteiger partial charge is 0.497 e. The van der Waals surface area contributed by atoms with Gasteiger partial charge in [-0.1, -0.05) is 0 Å². The molecule has 1 unspecified atom stereocenters. The van der Waals surface area contributed by atoms with Crippen LogP contribution in [0.15, 0.2) is 42.5 Å². The lowest BCUT2D eigenvalue weighted by molar-refractivity contribution is 0.0991. The Hall–Kier alpha value is -3.62. The van der Waals surface area contributed by atoms with E-state index >= 15 is 0 Å². The molecule has 2 aliphatic heterocycles. The highest BCUT2D eigenvalue weighted by molar-refractivity contribution is 5.90. The van der Waals surface area contributed by atoms with Gasteiger partial charge in [-0.25, -0.2) is 9.59 Å². The van der Waals surface area contributed by atoms with Crippen molar-refractivity contribution in [3.05, 3.63) is 48.0 Å². The molecule has 3 amide bonds. The molecular formula is C25H31N3O6. The Labute approximate surface area is 199 Å². The number of urea groups is 1. The smallest absolute Gasteiger partial charge is 0.410 e. The number of cyclic esters (lactones) is 1. The first-order chi connectivity index (χ1) is 16.5. The molecule has 4 rings (SSSR count). The summed E-state index contributed by atoms with van der Waals surface area (Å²) in [5.74, 6) is 2.20. The van der Waals surface area contributed by atoms with E-state index in [9.17, 15) is 9.59 Å². The van der Waals surface area contributed by atoms with Gasteiger partial charge < -0.3 is 34.1 Å². The van der Waals surface area contributed by atoms with Gasteiger partial charge in [-0.05, 0) is 67.8 Å². The van der Waals surface area contributed by atoms with Crippen molar-refractivity contribution in [1.29, 1.82) is 0 Å². The molecule has 2 aromatic carbocycles. The van der Waals surface area contributed by atoms with E-state index in [1.165, 1.54) is 0 Å². The molecule has 9 nitrogen and oxygen atoms in total. The molecule has 1 N–H and O–H groups in total. The predicted octanol–water partition coefficient (Wildman–Crippen LogP) is 3.91. The van der Waals surface area contributed by atoms with Gasteiger partial charge in [-0.3, -0.25) is 0 Å². The lowest BCUT2D eigenvalue weighted by Gasteiger charge is -2.35. The number of anilines is 1. The lowest BCUT2D eigenvalue weighted by atomic mass is 10.0. The van der Waals surface area contributed by atoms with E-state index in [2.05, 4.69) is 5.32 Å². The van der Waals surface area contributed by atoms with E-state index in [0.29, 0.717) is 38.2 Å². The number of aryl methyl sites for hydroxylation is 1. The number of hydrogen-bond donors (Lipinski definition) is 1. The number of ether oxygens (including phenoxy) is 4. The molecule has 2 saturated heterocycles. The lowest BCUT2D eigenvalue weighted by Crippen LogP contribution is -2.48. The molecule has 34 heavy (non-hydrogen) atoms. The van der Waals surface area contributed by atoms with Crippen molar-refractivity contribution in [1.82, 2.24) is 9.80 Å². The fourth-order valence-corrected chi connectivity index (χ4v) is 4.27. The number of carbonyl (C=O) groups is 2. The molecule has 0 spiro atoms. The minimum absolute atomic E-state index is 0.0465. The summed E-state index contributed by atoms with van der Waals surface area (Å²) in [6.07, 6.45) is 0.765. The fraction of sp³-hybridized carbons (Fsp3) is 0.440. The van der Waals surface area contributed by atoms with Crippen LogP contribution in [0.2, 0.25) is 0 Å². The van der Waals surface area contributed by atoms with Crippen molar-refractivity contribution >= 4 is 17.8 Å². The predicted molar refractivity (Wildman–Crippen MR) is 127 cm³/mol. The maximum absolute atomic E-state index is 12.7. The molecule has 0 aliphatic carbocycles. The summed E-state index contributed by atoms with van der Waals surface area (Å²) in [6.45, 7) is 3.84. The molecule has 1 atom stereocenters. The van der Waals surface area contributed by atoms with Crippen LogP contribution < -0.4 is 19.5 Å². The molecule has 182 valence electrons. The van der Waals surface area contributed by atoms with Crippen LogP contribution in [-0.2, 0) is 4.74 Å². The van der Waals surface area contributed by atoms with Gasteiger partial charge in [0.2, 0.25) is 0 Å². The van der Waals surface area contributed by atoms with Crippen molar-refractivity contribution in [2.75, 3.05) is 45.8 Å². The highest BCUT2D eigenvalue weighted by Crippen LogP contribution is 2.25. The Morgan fingerprint density at radius 3 is 2.32 bits per heavy atom. The Balaban J connectivity index is 1.24. The van der Waals surface area contributed by atoms with E-state index in [1.54, 1.807) is 24.0 Å². The number of benzene rings is 2. The van der Waals surface area contributed by atoms with Gasteiger partial charge in [0.25, 0.3) is 0 Å². The maximum atomic E-state index is 12.7. The zero-order chi connectivity index (χ0) is 24.1. The number of amides is 3. The molecule has 2 fully saturated rings. The van der Waals surface area contributed by atoms with Gasteiger partial charge in [-0.2, -0.15) is 0 Å². The van der Waals surface area contributed by atoms with Gasteiger partial charge in [-0.15, -0.1) is 0 Å². The number of carbonyl (C=O) groups excluding carboxylic acids is 2. The SMILES string of the molecule is COc1ccc(OCC2CN(C3CCN(C(=O)Nc4ccc(OC)cc4C)CC3)C(=O)O2)cc1. The van der Waals surface area contributed by atoms with E-state index in [0.717, 1.165) is 22.7 Å². The summed E-state index contributed by atoms with van der Waals surface area (Å²) in [5, 5.41) is 2.97. The third-order valence-corrected chi connectivity index (χ3v) is 6.27. The van der Waals surface area contributed by atoms with Gasteiger partial charge in [0.1, 0.15) is 23.9 Å². The van der Waals surface area contributed by atoms with Gasteiger partial charge >= 0.3 is 12.1 Å². The second kappa shape index (κ2) is 10.5. The number of rotatable bonds is 7. The Morgan fingerprint density at radius 1 is 1.03 bits per heavy atom. The topological polar surface area (TPSA) is 89.6 Å². The summed E-state index contributed by atoms with van der Waals surface area (Å²) < 4.78 is 21.6. The summed E-state index contributed by atoms with van der Waals surface area (Å²) in [7, 11) is 3.23. The molecule has 9 heteroatoms. The molecule has 2 aliphatic rings. The fourth-order valence-electron chi connectivity index (χ4n) is 4.27. The molecule has 0 radical (unpaired) electrons. The molecule has 2 aromatic rings. The maximum Gasteiger partial charge on any atom is 0.410 e. The summed E-state index contributed by atoms with van der Waals surface area (Å²) in [6, 6.07) is 12.7. The Bertz CT molecular complexity index is 1000. The average molecular weight is 470 g/mol. The summed E-state index contributed by atoms with van der Waals surface area (Å²) in [4.78, 5) is 28.7. The normalized spacial score (nSPS) is 18.4. The number of likely N-dealkylation sites (tertiary alicyclic amines) is 1. The number of nitrogens with one attached hydrogen (secondary N) is 1. The molecule has 2 heterocycles. The van der Waals surface area contributed by atoms with Crippen LogP contribution in [0.4, 0.5) is 15.3 Å². The minimum Gasteiger partial charge on any atom is -0.497 e. The second-order valence-electron chi connectivity index (χ2n) is 8.47. The highest BCUT2D eigenvalue weighted by atomic mass is 16.6. The van der Waals surface area contributed by atoms with Crippen LogP contribution in [0, 0.1) is 6.92 Å². The number of piperidine rings is 1. The highest BCUT2D eigenvalue weighted by Gasteiger charge is 2.38. The minimum atomic E-state index is -0.325. The van der Waals surface area contributed by atoms with Gasteiger partial charge in [0.15, 0.2) is 6.10 Å². The first kappa shape index (κ1) is 23.5. The standard InChI is InChI=1S/C25H31N3O6/c1-17-14-21(32-3)8-9-23(17)26-24(29)27-12-10-18(11-13-27)28-15-22(34-25(28)30)16-33-20-6-4-19(31-2)5-7-20/h4-9,14,18,22H,10-13,15-16H2,1-3H3,(H,26,29). The first-order valence-corrected chi connectivity index (χ1v) is 11.4. The third kappa shape index (κ3) is 5.47. The zero-order valence-corrected chi connectivity index (χ0v) is 19.8. The van der Waals surface area contributed by atoms with Crippen molar-refractivity contribution in [3.63, 3.8) is 0 Å². The Kier molecular flexibility index (Phi) is 7.30. The van der Waals surface area contributed by atoms with Crippen molar-refractivity contribution in [3.8, 4) is 17.2 Å². The average Bonchev–Trinajstić information content (AvgIpc) is 3.24. The van der Waals surface area contributed by atoms with Crippen LogP contribution in [0.5, 0.6) is 17.2 Å². The second-order valence-corrected chi connectivity index (χ2v) is 8.47. The molecule has 0 bridgehead atoms. The van der Waals surface area contributed by atoms with Crippen LogP contribution in [-0.4, -0.2) is 74.5 Å². The van der Waals surface area contributed by atoms with E-state index < -0.39 is 0 Å². The quantitative estimate of drug-likeness (QED) is 0.661. The van der Waals surface area contributed by atoms with E-state index in [-0.39, 0.29) is 30.9 Å². The zero-order valence-electron chi connectivity index (χ0n) is 19.8. The van der Waals surface area contributed by atoms with Crippen molar-refractivity contribution in [2.45, 2.75) is 31.9 Å². The number of hydrogen-bond acceptors (Lipinski definition) is 6. The summed E-state index contributed by atoms with van der Waals surface area (Å²) in [5.41, 5.74) is 1.70. The number of methoxy groups -OCH3 is 2. The van der Waals surface area contributed by atoms with Crippen LogP contribution in [0.1, 0.15) is 18.4 Å². The van der Waals surface area contributed by atoms with Crippen LogP contribution in [0.3, 0.4) is 0 Å². The van der Waals surface area contributed by atoms with Crippen molar-refractivity contribution < 1.29 is 28.5 Å². The molecule has 0 aromatic heterocycles. The van der Waals surface area contributed by atoms with Gasteiger partial charge in [0, 0.05) is 24.8 Å². The van der Waals surface area contributed by atoms with Gasteiger partial charge in [0.05, 0.1) is 20.8 Å². The molecule has 0 saturated carbocycles. The third-order valence-electron chi connectivity index (χ3n) is 6.27. The molecular weight excluding hydrogens is 438 g/mol. The monoisotopic (exact) mass is 469 g/mol. The first-order valence-electron chi connectivity index (χ1n) is 11.4. The number of nitrogens with zero attached hydrogens (tertiary/aromatic N) is 2. The van der Waals surface area contributed by atoms with E-state index in [4.69, 9.17) is 18.9 Å². The van der Waals surface area contributed by atoms with E-state index in [1.807, 2.05) is 49.4 Å². The van der Waals surface area contributed by atoms with Crippen LogP contribution in [0.25, 0.3) is 0 Å². The van der Waals surface area contributed by atoms with Crippen LogP contribution >= 0.6 is 0 Å².